The van der Waals surface area contributed by atoms with Crippen LogP contribution in [-0.4, -0.2) is 23.5 Å². The SMILES string of the molecule is C[C@H]1CCC(=O)[C@@H]1NC(=O)OC(C)(C)C. The van der Waals surface area contributed by atoms with Gasteiger partial charge in [-0.1, -0.05) is 6.92 Å². The summed E-state index contributed by atoms with van der Waals surface area (Å²) in [6.45, 7) is 7.36. The van der Waals surface area contributed by atoms with E-state index in [1.54, 1.807) is 20.8 Å². The first-order chi connectivity index (χ1) is 6.79. The minimum atomic E-state index is -0.519. The van der Waals surface area contributed by atoms with Crippen LogP contribution in [-0.2, 0) is 9.53 Å². The number of ether oxygens (including phenoxy) is 1. The molecule has 1 aliphatic rings. The van der Waals surface area contributed by atoms with E-state index < -0.39 is 11.7 Å². The Bertz CT molecular complexity index is 267. The molecule has 0 bridgehead atoms. The summed E-state index contributed by atoms with van der Waals surface area (Å²) in [6.07, 6.45) is 0.899. The van der Waals surface area contributed by atoms with Crippen LogP contribution >= 0.6 is 0 Å². The third-order valence-corrected chi connectivity index (χ3v) is 2.43. The van der Waals surface area contributed by atoms with E-state index in [1.807, 2.05) is 6.92 Å². The van der Waals surface area contributed by atoms with Crippen molar-refractivity contribution >= 4 is 11.9 Å². The molecule has 1 rings (SSSR count). The van der Waals surface area contributed by atoms with Gasteiger partial charge < -0.3 is 10.1 Å². The van der Waals surface area contributed by atoms with E-state index in [1.165, 1.54) is 0 Å². The fourth-order valence-electron chi connectivity index (χ4n) is 1.67. The van der Waals surface area contributed by atoms with E-state index in [2.05, 4.69) is 5.32 Å². The highest BCUT2D eigenvalue weighted by Gasteiger charge is 2.33. The molecular formula is C11H19NO3. The molecule has 0 unspecified atom stereocenters. The third kappa shape index (κ3) is 3.53. The molecule has 0 aliphatic heterocycles. The Morgan fingerprint density at radius 1 is 1.47 bits per heavy atom. The van der Waals surface area contributed by atoms with Gasteiger partial charge >= 0.3 is 6.09 Å². The highest BCUT2D eigenvalue weighted by atomic mass is 16.6. The lowest BCUT2D eigenvalue weighted by Crippen LogP contribution is -2.43. The fraction of sp³-hybridized carbons (Fsp3) is 0.818. The zero-order valence-corrected chi connectivity index (χ0v) is 9.79. The molecule has 0 saturated heterocycles. The van der Waals surface area contributed by atoms with E-state index in [4.69, 9.17) is 4.74 Å². The summed E-state index contributed by atoms with van der Waals surface area (Å²) in [5, 5.41) is 2.62. The summed E-state index contributed by atoms with van der Waals surface area (Å²) in [4.78, 5) is 22.8. The molecule has 0 heterocycles. The molecule has 0 aromatic heterocycles. The van der Waals surface area contributed by atoms with Crippen LogP contribution in [0, 0.1) is 5.92 Å². The highest BCUT2D eigenvalue weighted by Crippen LogP contribution is 2.22. The van der Waals surface area contributed by atoms with E-state index in [9.17, 15) is 9.59 Å². The summed E-state index contributed by atoms with van der Waals surface area (Å²) >= 11 is 0. The first-order valence-electron chi connectivity index (χ1n) is 5.32. The summed E-state index contributed by atoms with van der Waals surface area (Å²) in [5.41, 5.74) is -0.519. The summed E-state index contributed by atoms with van der Waals surface area (Å²) < 4.78 is 5.09. The maximum Gasteiger partial charge on any atom is 0.408 e. The van der Waals surface area contributed by atoms with Gasteiger partial charge in [-0.05, 0) is 33.1 Å². The van der Waals surface area contributed by atoms with Crippen LogP contribution in [0.4, 0.5) is 4.79 Å². The van der Waals surface area contributed by atoms with E-state index in [0.29, 0.717) is 6.42 Å². The van der Waals surface area contributed by atoms with Crippen LogP contribution in [0.2, 0.25) is 0 Å². The van der Waals surface area contributed by atoms with Crippen LogP contribution in [0.3, 0.4) is 0 Å². The fourth-order valence-corrected chi connectivity index (χ4v) is 1.67. The molecule has 0 aromatic carbocycles. The molecule has 1 fully saturated rings. The van der Waals surface area contributed by atoms with Gasteiger partial charge in [-0.2, -0.15) is 0 Å². The molecular weight excluding hydrogens is 194 g/mol. The smallest absolute Gasteiger partial charge is 0.408 e. The van der Waals surface area contributed by atoms with Crippen molar-refractivity contribution in [2.24, 2.45) is 5.92 Å². The Kier molecular flexibility index (Phi) is 3.37. The van der Waals surface area contributed by atoms with Crippen molar-refractivity contribution in [2.45, 2.75) is 52.2 Å². The Morgan fingerprint density at radius 2 is 2.07 bits per heavy atom. The summed E-state index contributed by atoms with van der Waals surface area (Å²) in [7, 11) is 0. The van der Waals surface area contributed by atoms with E-state index >= 15 is 0 Å². The number of nitrogens with one attached hydrogen (secondary N) is 1. The predicted molar refractivity (Wildman–Crippen MR) is 56.6 cm³/mol. The average molecular weight is 213 g/mol. The number of hydrogen-bond acceptors (Lipinski definition) is 3. The van der Waals surface area contributed by atoms with Crippen LogP contribution in [0.15, 0.2) is 0 Å². The molecule has 0 spiro atoms. The molecule has 4 nitrogen and oxygen atoms in total. The van der Waals surface area contributed by atoms with Gasteiger partial charge in [0, 0.05) is 6.42 Å². The number of Topliss-reactive ketones (excluding diaryl/α,β-unsaturated/α-hetero) is 1. The average Bonchev–Trinajstić information content (AvgIpc) is 2.32. The summed E-state index contributed by atoms with van der Waals surface area (Å²) in [5.74, 6) is 0.318. The normalized spacial score (nSPS) is 26.5. The number of alkyl carbamates (subject to hydrolysis) is 1. The monoisotopic (exact) mass is 213 g/mol. The molecule has 0 aromatic rings. The van der Waals surface area contributed by atoms with Gasteiger partial charge in [0.15, 0.2) is 5.78 Å². The Morgan fingerprint density at radius 3 is 2.47 bits per heavy atom. The molecule has 0 radical (unpaired) electrons. The van der Waals surface area contributed by atoms with Gasteiger partial charge in [0.2, 0.25) is 0 Å². The van der Waals surface area contributed by atoms with Crippen molar-refractivity contribution in [3.8, 4) is 0 Å². The second kappa shape index (κ2) is 4.21. The zero-order chi connectivity index (χ0) is 11.6. The second-order valence-corrected chi connectivity index (χ2v) is 5.11. The largest absolute Gasteiger partial charge is 0.444 e. The van der Waals surface area contributed by atoms with Crippen LogP contribution in [0.25, 0.3) is 0 Å². The predicted octanol–water partition coefficient (Wildman–Crippen LogP) is 1.88. The van der Waals surface area contributed by atoms with Crippen LogP contribution in [0.5, 0.6) is 0 Å². The molecule has 2 atom stereocenters. The molecule has 1 N–H and O–H groups in total. The zero-order valence-electron chi connectivity index (χ0n) is 9.79. The minimum Gasteiger partial charge on any atom is -0.444 e. The first kappa shape index (κ1) is 12.0. The van der Waals surface area contributed by atoms with E-state index in [0.717, 1.165) is 6.42 Å². The Hall–Kier alpha value is -1.06. The van der Waals surface area contributed by atoms with Gasteiger partial charge in [-0.25, -0.2) is 4.79 Å². The van der Waals surface area contributed by atoms with Gasteiger partial charge in [0.1, 0.15) is 5.60 Å². The quantitative estimate of drug-likeness (QED) is 0.723. The number of amides is 1. The number of rotatable bonds is 1. The number of carbonyl (C=O) groups excluding carboxylic acids is 2. The van der Waals surface area contributed by atoms with Crippen molar-refractivity contribution in [3.05, 3.63) is 0 Å². The van der Waals surface area contributed by atoms with Gasteiger partial charge in [-0.15, -0.1) is 0 Å². The van der Waals surface area contributed by atoms with Gasteiger partial charge in [0.05, 0.1) is 6.04 Å². The molecule has 1 aliphatic carbocycles. The number of hydrogen-bond donors (Lipinski definition) is 1. The maximum absolute atomic E-state index is 11.4. The lowest BCUT2D eigenvalue weighted by molar-refractivity contribution is -0.119. The Labute approximate surface area is 90.4 Å². The highest BCUT2D eigenvalue weighted by molar-refractivity contribution is 5.89. The van der Waals surface area contributed by atoms with Crippen molar-refractivity contribution in [1.29, 1.82) is 0 Å². The van der Waals surface area contributed by atoms with Crippen LogP contribution in [0.1, 0.15) is 40.5 Å². The molecule has 1 amide bonds. The van der Waals surface area contributed by atoms with Crippen LogP contribution < -0.4 is 5.32 Å². The standard InChI is InChI=1S/C11H19NO3/c1-7-5-6-8(13)9(7)12-10(14)15-11(2,3)4/h7,9H,5-6H2,1-4H3,(H,12,14)/t7-,9+/m0/s1. The van der Waals surface area contributed by atoms with Crippen molar-refractivity contribution in [1.82, 2.24) is 5.32 Å². The van der Waals surface area contributed by atoms with Gasteiger partial charge in [-0.3, -0.25) is 4.79 Å². The van der Waals surface area contributed by atoms with E-state index in [-0.39, 0.29) is 17.7 Å². The molecule has 1 saturated carbocycles. The molecule has 86 valence electrons. The summed E-state index contributed by atoms with van der Waals surface area (Å²) in [6, 6.07) is -0.361. The topological polar surface area (TPSA) is 55.4 Å². The van der Waals surface area contributed by atoms with Crippen molar-refractivity contribution < 1.29 is 14.3 Å². The maximum atomic E-state index is 11.4. The van der Waals surface area contributed by atoms with Crippen molar-refractivity contribution in [2.75, 3.05) is 0 Å². The number of carbonyl (C=O) groups is 2. The number of ketones is 1. The Balaban J connectivity index is 2.48. The van der Waals surface area contributed by atoms with Crippen molar-refractivity contribution in [3.63, 3.8) is 0 Å². The third-order valence-electron chi connectivity index (χ3n) is 2.43. The molecule has 15 heavy (non-hydrogen) atoms. The minimum absolute atomic E-state index is 0.105. The lowest BCUT2D eigenvalue weighted by Gasteiger charge is -2.22. The van der Waals surface area contributed by atoms with Gasteiger partial charge in [0.25, 0.3) is 0 Å². The molecule has 4 heteroatoms. The lowest BCUT2D eigenvalue weighted by atomic mass is 10.1. The first-order valence-corrected chi connectivity index (χ1v) is 5.32. The second-order valence-electron chi connectivity index (χ2n) is 5.11.